The van der Waals surface area contributed by atoms with Crippen molar-refractivity contribution in [3.05, 3.63) is 0 Å². The monoisotopic (exact) mass is 164 g/mol. The fourth-order valence-corrected chi connectivity index (χ4v) is 0. The molecule has 0 unspecified atom stereocenters. The molecule has 5 heavy (non-hydrogen) atoms. The fourth-order valence-electron chi connectivity index (χ4n) is 0. The van der Waals surface area contributed by atoms with Gasteiger partial charge in [0.05, 0.1) is 0 Å². The molecule has 0 aliphatic carbocycles. The summed E-state index contributed by atoms with van der Waals surface area (Å²) in [5, 5.41) is 0. The van der Waals surface area contributed by atoms with E-state index in [2.05, 4.69) is 13.1 Å². The molecule has 0 aromatic heterocycles. The molecule has 0 atom stereocenters. The second-order valence-electron chi connectivity index (χ2n) is 1.10. The molecule has 0 saturated heterocycles. The predicted molar refractivity (Wildman–Crippen MR) is 18.2 cm³/mol. The molecule has 0 aromatic carbocycles. The zero-order chi connectivity index (χ0) is 4.28. The van der Waals surface area contributed by atoms with Crippen molar-refractivity contribution in [3.63, 3.8) is 0 Å². The predicted octanol–water partition coefficient (Wildman–Crippen LogP) is 0.665. The number of hydrogen-bond donors (Lipinski definition) is 0. The van der Waals surface area contributed by atoms with Crippen molar-refractivity contribution in [1.29, 1.82) is 0 Å². The molecule has 0 bridgehead atoms. The molecule has 0 fully saturated rings. The molecule has 0 aliphatic heterocycles. The van der Waals surface area contributed by atoms with Gasteiger partial charge in [-0.1, -0.05) is 0 Å². The third-order valence-corrected chi connectivity index (χ3v) is 3.62. The molecule has 1 nitrogen and oxygen atoms in total. The van der Waals surface area contributed by atoms with E-state index in [0.29, 0.717) is 0 Å². The summed E-state index contributed by atoms with van der Waals surface area (Å²) in [6.45, 7) is 4.17. The Hall–Kier alpha value is 0.900. The van der Waals surface area contributed by atoms with Crippen LogP contribution in [0.4, 0.5) is 0 Å². The van der Waals surface area contributed by atoms with E-state index in [0.717, 1.165) is 0 Å². The Morgan fingerprint density at radius 1 is 1.60 bits per heavy atom. The third kappa shape index (κ3) is 4.90. The normalized spacial score (nSPS) is 6.00. The van der Waals surface area contributed by atoms with Gasteiger partial charge in [-0.15, -0.1) is 0 Å². The summed E-state index contributed by atoms with van der Waals surface area (Å²) in [5.74, 6) is 0. The average Bonchev–Trinajstić information content (AvgIpc) is 1.38. The van der Waals surface area contributed by atoms with Crippen molar-refractivity contribution in [2.24, 2.45) is 0 Å². The van der Waals surface area contributed by atoms with Crippen molar-refractivity contribution >= 4 is 5.43 Å². The first kappa shape index (κ1) is 5.90. The van der Waals surface area contributed by atoms with Gasteiger partial charge >= 0.3 is 43.2 Å². The molecule has 0 rings (SSSR count). The summed E-state index contributed by atoms with van der Waals surface area (Å²) in [7, 11) is 0. The number of rotatable bonds is 0. The fraction of sp³-hybridized carbons (Fsp3) is 1.00. The molecule has 0 saturated carbocycles. The van der Waals surface area contributed by atoms with Gasteiger partial charge < -0.3 is 0 Å². The molecular formula is C2H6OSiZr. The number of hydrogen-bond acceptors (Lipinski definition) is 1. The van der Waals surface area contributed by atoms with Crippen LogP contribution in [0.2, 0.25) is 13.1 Å². The topological polar surface area (TPSA) is 17.1 Å². The summed E-state index contributed by atoms with van der Waals surface area (Å²) < 4.78 is 9.84. The third-order valence-electron chi connectivity index (χ3n) is 0.204. The minimum atomic E-state index is -1.01. The zero-order valence-corrected chi connectivity index (χ0v) is 6.87. The Morgan fingerprint density at radius 3 is 1.80 bits per heavy atom. The first-order valence-corrected chi connectivity index (χ1v) is 8.64. The van der Waals surface area contributed by atoms with Crippen molar-refractivity contribution < 1.29 is 24.7 Å². The molecule has 0 amide bonds. The van der Waals surface area contributed by atoms with Gasteiger partial charge in [0.2, 0.25) is 0 Å². The van der Waals surface area contributed by atoms with Gasteiger partial charge in [-0.3, -0.25) is 0 Å². The van der Waals surface area contributed by atoms with E-state index < -0.39 is 21.9 Å². The van der Waals surface area contributed by atoms with Crippen molar-refractivity contribution in [3.8, 4) is 0 Å². The minimum absolute atomic E-state index is 0.260. The van der Waals surface area contributed by atoms with Crippen LogP contribution >= 0.6 is 0 Å². The van der Waals surface area contributed by atoms with Crippen LogP contribution in [0.3, 0.4) is 0 Å². The zero-order valence-electron chi connectivity index (χ0n) is 3.41. The van der Waals surface area contributed by atoms with E-state index in [1.54, 1.807) is 0 Å². The van der Waals surface area contributed by atoms with Gasteiger partial charge in [0.25, 0.3) is 0 Å². The summed E-state index contributed by atoms with van der Waals surface area (Å²) >= 11 is -1.01. The van der Waals surface area contributed by atoms with E-state index in [1.165, 1.54) is 0 Å². The van der Waals surface area contributed by atoms with Crippen LogP contribution < -0.4 is 0 Å². The maximum absolute atomic E-state index is 9.84. The van der Waals surface area contributed by atoms with E-state index in [1.807, 2.05) is 0 Å². The van der Waals surface area contributed by atoms with Gasteiger partial charge in [-0.05, 0) is 0 Å². The molecule has 28 valence electrons. The van der Waals surface area contributed by atoms with Gasteiger partial charge in [0, 0.05) is 0 Å². The van der Waals surface area contributed by atoms with Crippen LogP contribution in [-0.2, 0) is 24.7 Å². The maximum atomic E-state index is 9.84. The van der Waals surface area contributed by atoms with Crippen LogP contribution in [0.15, 0.2) is 0 Å². The molecule has 3 heteroatoms. The molecule has 0 aliphatic rings. The van der Waals surface area contributed by atoms with E-state index in [9.17, 15) is 2.81 Å². The van der Waals surface area contributed by atoms with E-state index in [4.69, 9.17) is 0 Å². The first-order chi connectivity index (χ1) is 2.27. The van der Waals surface area contributed by atoms with E-state index >= 15 is 0 Å². The molecule has 0 spiro atoms. The standard InChI is InChI=1S/C2H6Si.O.Zr/c1-3-2;;/h1-2H3;;. The van der Waals surface area contributed by atoms with Gasteiger partial charge in [0.1, 0.15) is 0 Å². The van der Waals surface area contributed by atoms with Crippen molar-refractivity contribution in [2.45, 2.75) is 13.1 Å². The molecular weight excluding hydrogens is 159 g/mol. The van der Waals surface area contributed by atoms with Crippen molar-refractivity contribution in [2.75, 3.05) is 0 Å². The molecule has 0 heterocycles. The van der Waals surface area contributed by atoms with E-state index in [-0.39, 0.29) is 5.43 Å². The Bertz CT molecular complexity index is 69.7. The van der Waals surface area contributed by atoms with Crippen LogP contribution in [0.25, 0.3) is 0 Å². The Kier molecular flexibility index (Phi) is 3.66. The Labute approximate surface area is 43.3 Å². The van der Waals surface area contributed by atoms with Gasteiger partial charge in [-0.2, -0.15) is 0 Å². The van der Waals surface area contributed by atoms with Crippen LogP contribution in [0.1, 0.15) is 0 Å². The average molecular weight is 165 g/mol. The SMILES string of the molecule is C[Si](C)=[Zr]=[O]. The quantitative estimate of drug-likeness (QED) is 0.482. The Morgan fingerprint density at radius 2 is 1.80 bits per heavy atom. The first-order valence-electron chi connectivity index (χ1n) is 1.45. The second-order valence-corrected chi connectivity index (χ2v) is 12.2. The second kappa shape index (κ2) is 3.10. The van der Waals surface area contributed by atoms with Crippen molar-refractivity contribution in [1.82, 2.24) is 0 Å². The van der Waals surface area contributed by atoms with Crippen LogP contribution in [0, 0.1) is 0 Å². The summed E-state index contributed by atoms with van der Waals surface area (Å²) in [5.41, 5.74) is -0.260. The molecule has 0 N–H and O–H groups in total. The van der Waals surface area contributed by atoms with Gasteiger partial charge in [-0.25, -0.2) is 0 Å². The summed E-state index contributed by atoms with van der Waals surface area (Å²) in [4.78, 5) is 0. The summed E-state index contributed by atoms with van der Waals surface area (Å²) in [6.07, 6.45) is 0. The van der Waals surface area contributed by atoms with Gasteiger partial charge in [0.15, 0.2) is 0 Å². The summed E-state index contributed by atoms with van der Waals surface area (Å²) in [6, 6.07) is 0. The Balaban J connectivity index is 3.60. The molecule has 0 radical (unpaired) electrons. The van der Waals surface area contributed by atoms with Crippen LogP contribution in [-0.4, -0.2) is 5.43 Å². The molecule has 0 aromatic rings. The van der Waals surface area contributed by atoms with Crippen LogP contribution in [0.5, 0.6) is 0 Å².